The van der Waals surface area contributed by atoms with Crippen molar-refractivity contribution in [2.24, 2.45) is 5.92 Å². The second kappa shape index (κ2) is 5.85. The maximum atomic E-state index is 12.3. The second-order valence-corrected chi connectivity index (χ2v) is 6.37. The van der Waals surface area contributed by atoms with Crippen molar-refractivity contribution in [3.63, 3.8) is 0 Å². The van der Waals surface area contributed by atoms with E-state index in [-0.39, 0.29) is 30.0 Å². The Morgan fingerprint density at radius 3 is 2.91 bits per heavy atom. The van der Waals surface area contributed by atoms with Crippen LogP contribution in [0.5, 0.6) is 0 Å². The highest BCUT2D eigenvalue weighted by molar-refractivity contribution is 5.75. The smallest absolute Gasteiger partial charge is 0.311 e. The van der Waals surface area contributed by atoms with E-state index in [1.54, 1.807) is 6.26 Å². The highest BCUT2D eigenvalue weighted by Crippen LogP contribution is 2.46. The summed E-state index contributed by atoms with van der Waals surface area (Å²) in [6.45, 7) is 0. The summed E-state index contributed by atoms with van der Waals surface area (Å²) >= 11 is 0. The second-order valence-electron chi connectivity index (χ2n) is 6.37. The average molecular weight is 312 g/mol. The first-order chi connectivity index (χ1) is 11.3. The van der Waals surface area contributed by atoms with Gasteiger partial charge in [0.1, 0.15) is 5.76 Å². The monoisotopic (exact) mass is 312 g/mol. The molecule has 4 nitrogen and oxygen atoms in total. The zero-order chi connectivity index (χ0) is 15.8. The summed E-state index contributed by atoms with van der Waals surface area (Å²) in [5, 5.41) is 0. The van der Waals surface area contributed by atoms with Crippen LogP contribution in [0, 0.1) is 5.92 Å². The molecule has 0 radical (unpaired) electrons. The van der Waals surface area contributed by atoms with Gasteiger partial charge in [-0.15, -0.1) is 0 Å². The van der Waals surface area contributed by atoms with Crippen LogP contribution in [0.1, 0.15) is 30.7 Å². The maximum Gasteiger partial charge on any atom is 0.311 e. The van der Waals surface area contributed by atoms with Crippen LogP contribution in [0.3, 0.4) is 0 Å². The lowest BCUT2D eigenvalue weighted by molar-refractivity contribution is -0.156. The molecule has 23 heavy (non-hydrogen) atoms. The lowest BCUT2D eigenvalue weighted by Crippen LogP contribution is -2.39. The van der Waals surface area contributed by atoms with Gasteiger partial charge in [-0.1, -0.05) is 18.2 Å². The zero-order valence-electron chi connectivity index (χ0n) is 13.1. The van der Waals surface area contributed by atoms with Crippen LogP contribution in [-0.2, 0) is 14.3 Å². The van der Waals surface area contributed by atoms with E-state index in [9.17, 15) is 4.79 Å². The number of hydrogen-bond acceptors (Lipinski definition) is 4. The SMILES string of the molecule is COC(=O)[C@@H]1C2CCC(C[C@H]1c1cccc(-c3ccco3)c1)O2. The molecule has 4 rings (SSSR count). The molecule has 0 spiro atoms. The molecule has 4 atom stereocenters. The van der Waals surface area contributed by atoms with Gasteiger partial charge in [-0.3, -0.25) is 4.79 Å². The van der Waals surface area contributed by atoms with E-state index in [1.807, 2.05) is 24.3 Å². The van der Waals surface area contributed by atoms with Crippen molar-refractivity contribution >= 4 is 5.97 Å². The number of carbonyl (C=O) groups is 1. The third-order valence-electron chi connectivity index (χ3n) is 5.09. The Labute approximate surface area is 135 Å². The van der Waals surface area contributed by atoms with E-state index in [0.717, 1.165) is 36.1 Å². The third kappa shape index (κ3) is 2.57. The van der Waals surface area contributed by atoms with Crippen LogP contribution in [-0.4, -0.2) is 25.3 Å². The van der Waals surface area contributed by atoms with E-state index >= 15 is 0 Å². The van der Waals surface area contributed by atoms with Crippen LogP contribution in [0.2, 0.25) is 0 Å². The van der Waals surface area contributed by atoms with Gasteiger partial charge < -0.3 is 13.9 Å². The fraction of sp³-hybridized carbons (Fsp3) is 0.421. The summed E-state index contributed by atoms with van der Waals surface area (Å²) in [6.07, 6.45) is 4.77. The molecule has 4 heteroatoms. The minimum Gasteiger partial charge on any atom is -0.469 e. The number of fused-ring (bicyclic) bond motifs is 2. The first-order valence-electron chi connectivity index (χ1n) is 8.13. The molecule has 2 aliphatic rings. The molecular weight excluding hydrogens is 292 g/mol. The van der Waals surface area contributed by atoms with Crippen molar-refractivity contribution in [1.29, 1.82) is 0 Å². The molecule has 0 saturated carbocycles. The van der Waals surface area contributed by atoms with Gasteiger partial charge >= 0.3 is 5.97 Å². The predicted molar refractivity (Wildman–Crippen MR) is 84.9 cm³/mol. The molecule has 2 aliphatic heterocycles. The summed E-state index contributed by atoms with van der Waals surface area (Å²) in [5.74, 6) is 0.606. The molecule has 1 aromatic heterocycles. The number of hydrogen-bond donors (Lipinski definition) is 0. The quantitative estimate of drug-likeness (QED) is 0.810. The van der Waals surface area contributed by atoms with Crippen molar-refractivity contribution in [2.45, 2.75) is 37.4 Å². The van der Waals surface area contributed by atoms with Crippen molar-refractivity contribution in [1.82, 2.24) is 0 Å². The van der Waals surface area contributed by atoms with Crippen molar-refractivity contribution < 1.29 is 18.7 Å². The van der Waals surface area contributed by atoms with E-state index in [1.165, 1.54) is 7.11 Å². The Morgan fingerprint density at radius 1 is 1.22 bits per heavy atom. The standard InChI is InChI=1S/C19H20O4/c1-21-19(20)18-15(11-14-7-8-17(18)23-14)12-4-2-5-13(10-12)16-6-3-9-22-16/h2-6,9-10,14-15,17-18H,7-8,11H2,1H3/t14?,15-,17?,18-/m0/s1. The zero-order valence-corrected chi connectivity index (χ0v) is 13.1. The van der Waals surface area contributed by atoms with E-state index in [4.69, 9.17) is 13.9 Å². The molecule has 120 valence electrons. The van der Waals surface area contributed by atoms with E-state index in [2.05, 4.69) is 12.1 Å². The minimum atomic E-state index is -0.217. The Kier molecular flexibility index (Phi) is 3.69. The van der Waals surface area contributed by atoms with Gasteiger partial charge in [0.2, 0.25) is 0 Å². The number of methoxy groups -OCH3 is 1. The van der Waals surface area contributed by atoms with Crippen molar-refractivity contribution in [2.75, 3.05) is 7.11 Å². The molecular formula is C19H20O4. The van der Waals surface area contributed by atoms with Gasteiger partial charge in [0.05, 0.1) is 31.5 Å². The molecule has 2 unspecified atom stereocenters. The topological polar surface area (TPSA) is 48.7 Å². The molecule has 2 aromatic rings. The number of carbonyl (C=O) groups excluding carboxylic acids is 1. The van der Waals surface area contributed by atoms with Crippen molar-refractivity contribution in [3.8, 4) is 11.3 Å². The molecule has 0 amide bonds. The first-order valence-corrected chi connectivity index (χ1v) is 8.13. The Hall–Kier alpha value is -2.07. The van der Waals surface area contributed by atoms with Gasteiger partial charge in [-0.2, -0.15) is 0 Å². The van der Waals surface area contributed by atoms with E-state index < -0.39 is 0 Å². The highest BCUT2D eigenvalue weighted by Gasteiger charge is 2.47. The number of furan rings is 1. The van der Waals surface area contributed by atoms with Gasteiger partial charge in [0.25, 0.3) is 0 Å². The lowest BCUT2D eigenvalue weighted by atomic mass is 9.78. The molecule has 3 heterocycles. The third-order valence-corrected chi connectivity index (χ3v) is 5.09. The van der Waals surface area contributed by atoms with Gasteiger partial charge in [-0.25, -0.2) is 0 Å². The van der Waals surface area contributed by atoms with Crippen LogP contribution < -0.4 is 0 Å². The molecule has 2 bridgehead atoms. The molecule has 0 N–H and O–H groups in total. The summed E-state index contributed by atoms with van der Waals surface area (Å²) < 4.78 is 16.5. The molecule has 1 aromatic carbocycles. The molecule has 0 aliphatic carbocycles. The molecule has 2 saturated heterocycles. The summed E-state index contributed by atoms with van der Waals surface area (Å²) in [7, 11) is 1.46. The maximum absolute atomic E-state index is 12.3. The van der Waals surface area contributed by atoms with Crippen LogP contribution in [0.15, 0.2) is 47.1 Å². The number of ether oxygens (including phenoxy) is 2. The first kappa shape index (κ1) is 14.5. The van der Waals surface area contributed by atoms with Crippen LogP contribution >= 0.6 is 0 Å². The van der Waals surface area contributed by atoms with E-state index in [0.29, 0.717) is 0 Å². The average Bonchev–Trinajstić information content (AvgIpc) is 3.24. The van der Waals surface area contributed by atoms with Gasteiger partial charge in [0, 0.05) is 11.5 Å². The minimum absolute atomic E-state index is 0.0153. The summed E-state index contributed by atoms with van der Waals surface area (Å²) in [5.41, 5.74) is 2.20. The van der Waals surface area contributed by atoms with Crippen LogP contribution in [0.4, 0.5) is 0 Å². The number of benzene rings is 1. The predicted octanol–water partition coefficient (Wildman–Crippen LogP) is 3.77. The van der Waals surface area contributed by atoms with Gasteiger partial charge in [-0.05, 0) is 43.0 Å². The Bertz CT molecular complexity index is 691. The Morgan fingerprint density at radius 2 is 2.13 bits per heavy atom. The fourth-order valence-corrected chi connectivity index (χ4v) is 4.02. The highest BCUT2D eigenvalue weighted by atomic mass is 16.5. The fourth-order valence-electron chi connectivity index (χ4n) is 4.02. The largest absolute Gasteiger partial charge is 0.469 e. The van der Waals surface area contributed by atoms with Crippen LogP contribution in [0.25, 0.3) is 11.3 Å². The lowest BCUT2D eigenvalue weighted by Gasteiger charge is -2.35. The normalized spacial score (nSPS) is 29.4. The summed E-state index contributed by atoms with van der Waals surface area (Å²) in [6, 6.07) is 12.1. The van der Waals surface area contributed by atoms with Crippen molar-refractivity contribution in [3.05, 3.63) is 48.2 Å². The van der Waals surface area contributed by atoms with Gasteiger partial charge in [0.15, 0.2) is 0 Å². The number of rotatable bonds is 3. The molecule has 2 fully saturated rings. The Balaban J connectivity index is 1.70. The summed E-state index contributed by atoms with van der Waals surface area (Å²) in [4.78, 5) is 12.3. The number of esters is 1.